The molecule has 2 heterocycles. The van der Waals surface area contributed by atoms with Gasteiger partial charge in [-0.3, -0.25) is 9.59 Å². The van der Waals surface area contributed by atoms with Crippen LogP contribution in [0, 0.1) is 0 Å². The number of alkyl halides is 3. The van der Waals surface area contributed by atoms with Crippen molar-refractivity contribution in [2.45, 2.75) is 24.2 Å². The van der Waals surface area contributed by atoms with Gasteiger partial charge in [0, 0.05) is 17.5 Å². The monoisotopic (exact) mass is 488 g/mol. The summed E-state index contributed by atoms with van der Waals surface area (Å²) >= 11 is 3.78. The molecule has 164 valence electrons. The van der Waals surface area contributed by atoms with Gasteiger partial charge >= 0.3 is 6.36 Å². The number of Topliss-reactive ketones (excluding diaryl/α,β-unsaturated/α-hetero) is 1. The number of ketones is 1. The van der Waals surface area contributed by atoms with Crippen LogP contribution in [0.25, 0.3) is 0 Å². The van der Waals surface area contributed by atoms with E-state index in [2.05, 4.69) is 25.6 Å². The van der Waals surface area contributed by atoms with Crippen molar-refractivity contribution in [2.24, 2.45) is 0 Å². The van der Waals surface area contributed by atoms with Crippen LogP contribution in [0.3, 0.4) is 0 Å². The molecule has 1 amide bonds. The van der Waals surface area contributed by atoms with E-state index >= 15 is 0 Å². The van der Waals surface area contributed by atoms with E-state index in [0.717, 1.165) is 4.88 Å². The molecule has 0 bridgehead atoms. The zero-order valence-corrected chi connectivity index (χ0v) is 18.3. The Kier molecular flexibility index (Phi) is 7.51. The number of thioether (sulfide) groups is 1. The number of carbonyl (C=O) groups is 2. The van der Waals surface area contributed by atoms with Crippen molar-refractivity contribution in [1.82, 2.24) is 15.5 Å². The summed E-state index contributed by atoms with van der Waals surface area (Å²) in [6.07, 6.45) is -4.74. The van der Waals surface area contributed by atoms with Crippen molar-refractivity contribution in [2.75, 3.05) is 11.1 Å². The first-order chi connectivity index (χ1) is 14.7. The van der Waals surface area contributed by atoms with Crippen LogP contribution < -0.4 is 15.4 Å². The zero-order chi connectivity index (χ0) is 22.4. The van der Waals surface area contributed by atoms with Gasteiger partial charge in [-0.05, 0) is 36.4 Å². The Bertz CT molecular complexity index is 1050. The van der Waals surface area contributed by atoms with Crippen LogP contribution in [0.15, 0.2) is 40.7 Å². The first kappa shape index (κ1) is 23.0. The number of amides is 1. The van der Waals surface area contributed by atoms with Crippen LogP contribution in [0.4, 0.5) is 24.0 Å². The molecule has 0 fully saturated rings. The molecule has 0 saturated carbocycles. The van der Waals surface area contributed by atoms with Crippen molar-refractivity contribution in [3.8, 4) is 5.75 Å². The number of carbonyl (C=O) groups excluding carboxylic acids is 2. The minimum Gasteiger partial charge on any atom is -0.406 e. The highest BCUT2D eigenvalue weighted by molar-refractivity contribution is 8.01. The number of hydrogen-bond acceptors (Lipinski definition) is 9. The second kappa shape index (κ2) is 10.1. The summed E-state index contributed by atoms with van der Waals surface area (Å²) in [6.45, 7) is 1.81. The highest BCUT2D eigenvalue weighted by atomic mass is 32.2. The smallest absolute Gasteiger partial charge is 0.406 e. The molecule has 2 N–H and O–H groups in total. The van der Waals surface area contributed by atoms with E-state index < -0.39 is 6.36 Å². The largest absolute Gasteiger partial charge is 0.573 e. The van der Waals surface area contributed by atoms with E-state index in [4.69, 9.17) is 0 Å². The van der Waals surface area contributed by atoms with Crippen LogP contribution in [0.5, 0.6) is 5.75 Å². The molecule has 0 aliphatic rings. The number of ether oxygens (including phenoxy) is 1. The fraction of sp³-hybridized carbons (Fsp3) is 0.222. The Labute approximate surface area is 187 Å². The molecule has 0 spiro atoms. The normalized spacial score (nSPS) is 11.2. The summed E-state index contributed by atoms with van der Waals surface area (Å²) < 4.78 is 41.0. The maximum absolute atomic E-state index is 12.3. The lowest BCUT2D eigenvalue weighted by Crippen LogP contribution is -2.18. The van der Waals surface area contributed by atoms with E-state index in [1.54, 1.807) is 12.1 Å². The number of hydrogen-bond donors (Lipinski definition) is 2. The van der Waals surface area contributed by atoms with Gasteiger partial charge in [0.25, 0.3) is 0 Å². The molecule has 0 radical (unpaired) electrons. The molecule has 0 aliphatic carbocycles. The number of nitrogens with one attached hydrogen (secondary N) is 2. The number of aromatic nitrogens is 2. The number of nitrogens with zero attached hydrogens (tertiary/aromatic N) is 2. The summed E-state index contributed by atoms with van der Waals surface area (Å²) in [4.78, 5) is 24.8. The van der Waals surface area contributed by atoms with Crippen molar-refractivity contribution in [3.63, 3.8) is 0 Å². The quantitative estimate of drug-likeness (QED) is 0.328. The third-order valence-electron chi connectivity index (χ3n) is 3.52. The molecule has 31 heavy (non-hydrogen) atoms. The van der Waals surface area contributed by atoms with Gasteiger partial charge < -0.3 is 15.4 Å². The van der Waals surface area contributed by atoms with Gasteiger partial charge in [-0.1, -0.05) is 23.1 Å². The van der Waals surface area contributed by atoms with Crippen molar-refractivity contribution in [3.05, 3.63) is 46.2 Å². The van der Waals surface area contributed by atoms with Crippen LogP contribution in [0.1, 0.15) is 21.5 Å². The number of anilines is 2. The first-order valence-electron chi connectivity index (χ1n) is 8.63. The fourth-order valence-corrected chi connectivity index (χ4v) is 4.85. The summed E-state index contributed by atoms with van der Waals surface area (Å²) in [5.41, 5.74) is 0.517. The minimum atomic E-state index is -4.74. The lowest BCUT2D eigenvalue weighted by molar-refractivity contribution is -0.274. The van der Waals surface area contributed by atoms with Gasteiger partial charge in [-0.25, -0.2) is 0 Å². The van der Waals surface area contributed by atoms with Gasteiger partial charge in [0.1, 0.15) is 5.75 Å². The summed E-state index contributed by atoms with van der Waals surface area (Å²) in [6, 6.07) is 8.75. The number of benzene rings is 1. The van der Waals surface area contributed by atoms with Crippen LogP contribution in [-0.4, -0.2) is 34.0 Å². The molecule has 13 heteroatoms. The van der Waals surface area contributed by atoms with Crippen LogP contribution >= 0.6 is 34.4 Å². The molecule has 2 aromatic heterocycles. The first-order valence-corrected chi connectivity index (χ1v) is 11.3. The summed E-state index contributed by atoms with van der Waals surface area (Å²) in [5, 5.41) is 14.0. The average molecular weight is 489 g/mol. The molecule has 0 aliphatic heterocycles. The highest BCUT2D eigenvalue weighted by Gasteiger charge is 2.30. The van der Waals surface area contributed by atoms with E-state index in [-0.39, 0.29) is 23.2 Å². The summed E-state index contributed by atoms with van der Waals surface area (Å²) in [7, 11) is 0. The number of halogens is 3. The maximum Gasteiger partial charge on any atom is 0.573 e. The van der Waals surface area contributed by atoms with Crippen molar-refractivity contribution in [1.29, 1.82) is 0 Å². The zero-order valence-electron chi connectivity index (χ0n) is 15.9. The van der Waals surface area contributed by atoms with Gasteiger partial charge in [0.05, 0.1) is 17.2 Å². The minimum absolute atomic E-state index is 0.0611. The topological polar surface area (TPSA) is 93.2 Å². The molecule has 7 nitrogen and oxygen atoms in total. The van der Waals surface area contributed by atoms with Gasteiger partial charge in [-0.2, -0.15) is 0 Å². The van der Waals surface area contributed by atoms with Gasteiger partial charge in [-0.15, -0.1) is 34.7 Å². The second-order valence-corrected chi connectivity index (χ2v) is 9.33. The molecular weight excluding hydrogens is 473 g/mol. The SMILES string of the molecule is CC(=O)NCc1ccc(C(=O)CSc2nnc(Nc3ccc(OC(F)(F)F)cc3)s2)s1. The van der Waals surface area contributed by atoms with Gasteiger partial charge in [0.15, 0.2) is 10.1 Å². The predicted molar refractivity (Wildman–Crippen MR) is 113 cm³/mol. The average Bonchev–Trinajstić information content (AvgIpc) is 3.34. The number of thiophene rings is 1. The van der Waals surface area contributed by atoms with E-state index in [9.17, 15) is 22.8 Å². The van der Waals surface area contributed by atoms with Crippen LogP contribution in [0.2, 0.25) is 0 Å². The van der Waals surface area contributed by atoms with Crippen LogP contribution in [-0.2, 0) is 11.3 Å². The Hall–Kier alpha value is -2.64. The number of rotatable bonds is 9. The lowest BCUT2D eigenvalue weighted by atomic mass is 10.3. The molecule has 1 aromatic carbocycles. The molecule has 0 unspecified atom stereocenters. The maximum atomic E-state index is 12.3. The molecule has 3 aromatic rings. The van der Waals surface area contributed by atoms with Crippen molar-refractivity contribution < 1.29 is 27.5 Å². The standard InChI is InChI=1S/C18H15F3N4O3S3/c1-10(26)22-8-13-6-7-15(30-13)14(27)9-29-17-25-24-16(31-17)23-11-2-4-12(5-3-11)28-18(19,20)21/h2-7H,8-9H2,1H3,(H,22,26)(H,23,24). The third kappa shape index (κ3) is 7.52. The molecule has 0 atom stereocenters. The Morgan fingerprint density at radius 2 is 1.84 bits per heavy atom. The van der Waals surface area contributed by atoms with E-state index in [1.807, 2.05) is 0 Å². The Morgan fingerprint density at radius 3 is 2.52 bits per heavy atom. The Morgan fingerprint density at radius 1 is 1.10 bits per heavy atom. The van der Waals surface area contributed by atoms with E-state index in [1.165, 1.54) is 65.6 Å². The molecular formula is C18H15F3N4O3S3. The molecule has 0 saturated heterocycles. The highest BCUT2D eigenvalue weighted by Crippen LogP contribution is 2.30. The van der Waals surface area contributed by atoms with Gasteiger partial charge in [0.2, 0.25) is 11.0 Å². The molecule has 3 rings (SSSR count). The second-order valence-electron chi connectivity index (χ2n) is 5.96. The lowest BCUT2D eigenvalue weighted by Gasteiger charge is -2.09. The van der Waals surface area contributed by atoms with E-state index in [0.29, 0.717) is 26.6 Å². The predicted octanol–water partition coefficient (Wildman–Crippen LogP) is 4.85. The Balaban J connectivity index is 1.50. The fourth-order valence-electron chi connectivity index (χ4n) is 2.21. The summed E-state index contributed by atoms with van der Waals surface area (Å²) in [5.74, 6) is -0.339. The third-order valence-corrected chi connectivity index (χ3v) is 6.62. The van der Waals surface area contributed by atoms with Crippen molar-refractivity contribution >= 4 is 56.9 Å².